The van der Waals surface area contributed by atoms with Gasteiger partial charge < -0.3 is 5.73 Å². The van der Waals surface area contributed by atoms with Gasteiger partial charge in [0.25, 0.3) is 5.91 Å². The van der Waals surface area contributed by atoms with Crippen LogP contribution in [0, 0.1) is 11.8 Å². The average Bonchev–Trinajstić information content (AvgIpc) is 3.07. The Balaban J connectivity index is 1.46. The second-order valence-corrected chi connectivity index (χ2v) is 10.8. The summed E-state index contributed by atoms with van der Waals surface area (Å²) in [6.45, 7) is 2.14. The molecule has 4 rings (SSSR count). The summed E-state index contributed by atoms with van der Waals surface area (Å²) in [5, 5.41) is 0. The minimum absolute atomic E-state index is 0.0781. The third-order valence-electron chi connectivity index (χ3n) is 8.37. The first-order valence-electron chi connectivity index (χ1n) is 13.3. The molecule has 0 spiro atoms. The summed E-state index contributed by atoms with van der Waals surface area (Å²) in [5.41, 5.74) is 7.19. The van der Waals surface area contributed by atoms with E-state index >= 15 is 0 Å². The second kappa shape index (κ2) is 10.9. The van der Waals surface area contributed by atoms with Gasteiger partial charge in [0.2, 0.25) is 0 Å². The van der Waals surface area contributed by atoms with Gasteiger partial charge in [0, 0.05) is 6.04 Å². The lowest BCUT2D eigenvalue weighted by Crippen LogP contribution is -2.49. The van der Waals surface area contributed by atoms with Gasteiger partial charge in [-0.3, -0.25) is 9.69 Å². The van der Waals surface area contributed by atoms with Crippen molar-refractivity contribution in [1.82, 2.24) is 4.90 Å². The van der Waals surface area contributed by atoms with Gasteiger partial charge in [-0.05, 0) is 56.4 Å². The zero-order valence-corrected chi connectivity index (χ0v) is 20.1. The van der Waals surface area contributed by atoms with Crippen LogP contribution >= 0.6 is 0 Å². The lowest BCUT2D eigenvalue weighted by molar-refractivity contribution is -0.133. The highest BCUT2D eigenvalue weighted by atomic mass is 16.2. The predicted octanol–water partition coefficient (Wildman–Crippen LogP) is 6.23. The maximum absolute atomic E-state index is 14.0. The smallest absolute Gasteiger partial charge is 0.257 e. The molecule has 4 heteroatoms. The molecule has 176 valence electrons. The molecule has 2 aliphatic carbocycles. The Morgan fingerprint density at radius 1 is 1.00 bits per heavy atom. The second-order valence-electron chi connectivity index (χ2n) is 10.8. The summed E-state index contributed by atoms with van der Waals surface area (Å²) in [6, 6.07) is 10.6. The highest BCUT2D eigenvalue weighted by molar-refractivity contribution is 6.07. The highest BCUT2D eigenvalue weighted by Crippen LogP contribution is 2.41. The van der Waals surface area contributed by atoms with Crippen LogP contribution in [0.25, 0.3) is 0 Å². The number of carbonyl (C=O) groups is 1. The molecule has 2 unspecified atom stereocenters. The Bertz CT molecular complexity index is 764. The van der Waals surface area contributed by atoms with E-state index < -0.39 is 5.54 Å². The number of carbonyl (C=O) groups excluding carboxylic acids is 1. The van der Waals surface area contributed by atoms with Gasteiger partial charge in [0.05, 0.1) is 0 Å². The van der Waals surface area contributed by atoms with Crippen molar-refractivity contribution >= 4 is 11.9 Å². The molecular weight excluding hydrogens is 394 g/mol. The van der Waals surface area contributed by atoms with Crippen molar-refractivity contribution in [3.05, 3.63) is 35.9 Å². The van der Waals surface area contributed by atoms with Crippen LogP contribution in [0.3, 0.4) is 0 Å². The van der Waals surface area contributed by atoms with Crippen LogP contribution in [-0.4, -0.2) is 28.3 Å². The van der Waals surface area contributed by atoms with E-state index in [4.69, 9.17) is 10.7 Å². The molecule has 1 amide bonds. The van der Waals surface area contributed by atoms with Crippen molar-refractivity contribution in [2.45, 2.75) is 115 Å². The molecule has 1 aromatic rings. The fourth-order valence-electron chi connectivity index (χ4n) is 6.41. The van der Waals surface area contributed by atoms with Crippen molar-refractivity contribution in [3.63, 3.8) is 0 Å². The number of benzene rings is 1. The van der Waals surface area contributed by atoms with E-state index in [1.807, 2.05) is 11.0 Å². The molecule has 1 heterocycles. The van der Waals surface area contributed by atoms with Gasteiger partial charge in [0.1, 0.15) is 5.54 Å². The van der Waals surface area contributed by atoms with E-state index in [1.54, 1.807) is 0 Å². The predicted molar refractivity (Wildman–Crippen MR) is 132 cm³/mol. The molecule has 2 saturated carbocycles. The molecule has 4 nitrogen and oxygen atoms in total. The van der Waals surface area contributed by atoms with Crippen molar-refractivity contribution < 1.29 is 4.79 Å². The Labute approximate surface area is 195 Å². The first kappa shape index (κ1) is 23.3. The number of aliphatic imine (C=N–C) groups is 1. The van der Waals surface area contributed by atoms with Crippen molar-refractivity contribution in [1.29, 1.82) is 0 Å². The van der Waals surface area contributed by atoms with Crippen LogP contribution in [-0.2, 0) is 11.2 Å². The number of guanidine groups is 1. The molecule has 1 aliphatic heterocycles. The first-order valence-corrected chi connectivity index (χ1v) is 13.3. The SMILES string of the molecule is CC(CCc1ccccc1)N1C(=O)C(CCC2CCCCC2)(CC2CCCCC2)N=C1N. The number of hydrogen-bond donors (Lipinski definition) is 1. The third kappa shape index (κ3) is 5.55. The summed E-state index contributed by atoms with van der Waals surface area (Å²) in [6.07, 6.45) is 17.9. The molecule has 0 saturated heterocycles. The van der Waals surface area contributed by atoms with Gasteiger partial charge in [-0.25, -0.2) is 4.99 Å². The topological polar surface area (TPSA) is 58.7 Å². The van der Waals surface area contributed by atoms with E-state index in [0.29, 0.717) is 11.9 Å². The molecule has 2 atom stereocenters. The highest BCUT2D eigenvalue weighted by Gasteiger charge is 2.49. The van der Waals surface area contributed by atoms with Gasteiger partial charge in [-0.2, -0.15) is 0 Å². The quantitative estimate of drug-likeness (QED) is 0.497. The van der Waals surface area contributed by atoms with E-state index in [9.17, 15) is 4.79 Å². The van der Waals surface area contributed by atoms with Crippen LogP contribution in [0.2, 0.25) is 0 Å². The van der Waals surface area contributed by atoms with Gasteiger partial charge in [0.15, 0.2) is 5.96 Å². The van der Waals surface area contributed by atoms with Crippen molar-refractivity contribution in [3.8, 4) is 0 Å². The van der Waals surface area contributed by atoms with Crippen LogP contribution in [0.15, 0.2) is 35.3 Å². The monoisotopic (exact) mass is 437 g/mol. The largest absolute Gasteiger partial charge is 0.369 e. The average molecular weight is 438 g/mol. The number of nitrogens with two attached hydrogens (primary N) is 1. The van der Waals surface area contributed by atoms with E-state index in [1.165, 1.54) is 69.8 Å². The third-order valence-corrected chi connectivity index (χ3v) is 8.37. The van der Waals surface area contributed by atoms with Crippen LogP contribution < -0.4 is 5.73 Å². The van der Waals surface area contributed by atoms with E-state index in [-0.39, 0.29) is 11.9 Å². The molecule has 32 heavy (non-hydrogen) atoms. The lowest BCUT2D eigenvalue weighted by Gasteiger charge is -2.34. The molecule has 0 radical (unpaired) electrons. The fourth-order valence-corrected chi connectivity index (χ4v) is 6.41. The molecule has 3 aliphatic rings. The number of hydrogen-bond acceptors (Lipinski definition) is 3. The summed E-state index contributed by atoms with van der Waals surface area (Å²) in [5.74, 6) is 2.04. The first-order chi connectivity index (χ1) is 15.6. The summed E-state index contributed by atoms with van der Waals surface area (Å²) in [7, 11) is 0. The van der Waals surface area contributed by atoms with Gasteiger partial charge >= 0.3 is 0 Å². The van der Waals surface area contributed by atoms with Crippen LogP contribution in [0.5, 0.6) is 0 Å². The molecule has 2 fully saturated rings. The molecular formula is C28H43N3O. The molecule has 0 aromatic heterocycles. The minimum Gasteiger partial charge on any atom is -0.369 e. The number of aryl methyl sites for hydroxylation is 1. The van der Waals surface area contributed by atoms with E-state index in [2.05, 4.69) is 31.2 Å². The fraction of sp³-hybridized carbons (Fsp3) is 0.714. The Hall–Kier alpha value is -1.84. The number of rotatable bonds is 9. The molecule has 0 bridgehead atoms. The summed E-state index contributed by atoms with van der Waals surface area (Å²) >= 11 is 0. The summed E-state index contributed by atoms with van der Waals surface area (Å²) in [4.78, 5) is 20.8. The number of nitrogens with zero attached hydrogens (tertiary/aromatic N) is 2. The standard InChI is InChI=1S/C28H43N3O/c1-22(17-18-23-11-5-2-6-12-23)31-26(32)28(30-27(31)29,21-25-15-9-4-10-16-25)20-19-24-13-7-3-8-14-24/h2,5-6,11-12,22,24-25H,3-4,7-10,13-21H2,1H3,(H2,29,30). The van der Waals surface area contributed by atoms with Crippen LogP contribution in [0.1, 0.15) is 102 Å². The Morgan fingerprint density at radius 2 is 1.62 bits per heavy atom. The zero-order valence-electron chi connectivity index (χ0n) is 20.1. The van der Waals surface area contributed by atoms with Gasteiger partial charge in [-0.15, -0.1) is 0 Å². The normalized spacial score (nSPS) is 26.3. The Kier molecular flexibility index (Phi) is 7.91. The van der Waals surface area contributed by atoms with Crippen molar-refractivity contribution in [2.24, 2.45) is 22.6 Å². The van der Waals surface area contributed by atoms with Crippen molar-refractivity contribution in [2.75, 3.05) is 0 Å². The lowest BCUT2D eigenvalue weighted by atomic mass is 9.75. The summed E-state index contributed by atoms with van der Waals surface area (Å²) < 4.78 is 0. The zero-order chi connectivity index (χ0) is 22.4. The maximum Gasteiger partial charge on any atom is 0.257 e. The van der Waals surface area contributed by atoms with Gasteiger partial charge in [-0.1, -0.05) is 94.5 Å². The van der Waals surface area contributed by atoms with Crippen LogP contribution in [0.4, 0.5) is 0 Å². The Morgan fingerprint density at radius 3 is 2.28 bits per heavy atom. The number of amides is 1. The molecule has 2 N–H and O–H groups in total. The molecule has 1 aromatic carbocycles. The maximum atomic E-state index is 14.0. The minimum atomic E-state index is -0.607. The van der Waals surface area contributed by atoms with E-state index in [0.717, 1.165) is 38.0 Å².